The smallest absolute Gasteiger partial charge is 0.341 e. The third-order valence-corrected chi connectivity index (χ3v) is 5.89. The number of carboxylic acids is 1. The minimum atomic E-state index is -1.39. The Morgan fingerprint density at radius 3 is 2.46 bits per heavy atom. The highest BCUT2D eigenvalue weighted by atomic mass is 19.1. The molecule has 6 nitrogen and oxygen atoms in total. The van der Waals surface area contributed by atoms with Crippen LogP contribution in [0.2, 0.25) is 0 Å². The summed E-state index contributed by atoms with van der Waals surface area (Å²) in [5.41, 5.74) is -1.42. The number of carbonyl (C=O) groups is 1. The first-order valence-corrected chi connectivity index (χ1v) is 8.65. The summed E-state index contributed by atoms with van der Waals surface area (Å²) in [6.07, 6.45) is 2.76. The van der Waals surface area contributed by atoms with Crippen LogP contribution in [0, 0.1) is 11.6 Å². The molecule has 0 bridgehead atoms. The third kappa shape index (κ3) is 2.05. The molecule has 2 atom stereocenters. The lowest BCUT2D eigenvalue weighted by Crippen LogP contribution is -2.30. The molecule has 5 rings (SSSR count). The summed E-state index contributed by atoms with van der Waals surface area (Å²) < 4.78 is 31.6. The van der Waals surface area contributed by atoms with Crippen LogP contribution >= 0.6 is 0 Å². The van der Waals surface area contributed by atoms with E-state index >= 15 is 4.39 Å². The van der Waals surface area contributed by atoms with Crippen molar-refractivity contribution in [1.82, 2.24) is 9.47 Å². The first-order valence-electron chi connectivity index (χ1n) is 8.65. The van der Waals surface area contributed by atoms with Gasteiger partial charge in [-0.05, 0) is 26.0 Å². The summed E-state index contributed by atoms with van der Waals surface area (Å²) in [4.78, 5) is 27.7. The van der Waals surface area contributed by atoms with Crippen molar-refractivity contribution in [3.05, 3.63) is 39.7 Å². The number of aromatic carboxylic acids is 1. The molecule has 0 spiro atoms. The number of pyridine rings is 1. The van der Waals surface area contributed by atoms with Crippen LogP contribution in [0.15, 0.2) is 17.1 Å². The maximum absolute atomic E-state index is 15.4. The maximum Gasteiger partial charge on any atom is 0.341 e. The van der Waals surface area contributed by atoms with E-state index in [2.05, 4.69) is 4.90 Å². The van der Waals surface area contributed by atoms with Crippen LogP contribution in [0.1, 0.15) is 29.2 Å². The van der Waals surface area contributed by atoms with Gasteiger partial charge in [0.25, 0.3) is 0 Å². The second-order valence-corrected chi connectivity index (χ2v) is 7.44. The number of fused-ring (bicyclic) bond motifs is 2. The van der Waals surface area contributed by atoms with Crippen molar-refractivity contribution < 1.29 is 18.7 Å². The topological polar surface area (TPSA) is 65.6 Å². The van der Waals surface area contributed by atoms with Crippen molar-refractivity contribution in [2.45, 2.75) is 31.0 Å². The van der Waals surface area contributed by atoms with E-state index in [0.717, 1.165) is 18.9 Å². The van der Waals surface area contributed by atoms with Crippen LogP contribution < -0.4 is 10.3 Å². The van der Waals surface area contributed by atoms with Crippen molar-refractivity contribution in [3.63, 3.8) is 0 Å². The van der Waals surface area contributed by atoms with Gasteiger partial charge in [-0.3, -0.25) is 9.69 Å². The molecule has 0 radical (unpaired) electrons. The van der Waals surface area contributed by atoms with Gasteiger partial charge in [-0.1, -0.05) is 0 Å². The van der Waals surface area contributed by atoms with Crippen LogP contribution in [-0.2, 0) is 0 Å². The molecular formula is C18H17F2N3O3. The Morgan fingerprint density at radius 1 is 1.23 bits per heavy atom. The second-order valence-electron chi connectivity index (χ2n) is 7.44. The van der Waals surface area contributed by atoms with Gasteiger partial charge in [0.1, 0.15) is 17.1 Å². The normalized spacial score (nSPS) is 27.0. The molecule has 0 amide bonds. The average molecular weight is 361 g/mol. The van der Waals surface area contributed by atoms with Gasteiger partial charge in [0, 0.05) is 37.4 Å². The van der Waals surface area contributed by atoms with Gasteiger partial charge < -0.3 is 14.6 Å². The fraction of sp³-hybridized carbons (Fsp3) is 0.444. The Labute approximate surface area is 147 Å². The number of hydrogen-bond donors (Lipinski definition) is 1. The fourth-order valence-electron chi connectivity index (χ4n) is 4.20. The lowest BCUT2D eigenvalue weighted by molar-refractivity contribution is 0.0695. The molecule has 3 fully saturated rings. The van der Waals surface area contributed by atoms with Gasteiger partial charge in [0.05, 0.1) is 10.9 Å². The summed E-state index contributed by atoms with van der Waals surface area (Å²) in [5, 5.41) is 9.05. The second kappa shape index (κ2) is 5.03. The molecule has 2 aliphatic heterocycles. The number of piperazine rings is 1. The van der Waals surface area contributed by atoms with Crippen molar-refractivity contribution in [3.8, 4) is 0 Å². The number of likely N-dealkylation sites (N-methyl/N-ethyl adjacent to an activating group) is 1. The van der Waals surface area contributed by atoms with E-state index in [1.807, 2.05) is 7.05 Å². The lowest BCUT2D eigenvalue weighted by Gasteiger charge is -2.24. The monoisotopic (exact) mass is 361 g/mol. The first kappa shape index (κ1) is 15.7. The molecule has 1 aliphatic carbocycles. The van der Waals surface area contributed by atoms with Crippen LogP contribution in [0.5, 0.6) is 0 Å². The zero-order chi connectivity index (χ0) is 18.3. The molecule has 26 heavy (non-hydrogen) atoms. The maximum atomic E-state index is 15.4. The first-order chi connectivity index (χ1) is 12.4. The molecular weight excluding hydrogens is 344 g/mol. The molecule has 1 aromatic carbocycles. The summed E-state index contributed by atoms with van der Waals surface area (Å²) in [6.45, 7) is 1.09. The van der Waals surface area contributed by atoms with Crippen LogP contribution in [0.25, 0.3) is 10.9 Å². The van der Waals surface area contributed by atoms with E-state index in [1.165, 1.54) is 10.8 Å². The molecule has 2 aromatic rings. The Morgan fingerprint density at radius 2 is 1.88 bits per heavy atom. The van der Waals surface area contributed by atoms with Crippen molar-refractivity contribution in [2.24, 2.45) is 0 Å². The van der Waals surface area contributed by atoms with E-state index in [4.69, 9.17) is 0 Å². The molecule has 8 heteroatoms. The Hall–Kier alpha value is -2.48. The highest BCUT2D eigenvalue weighted by molar-refractivity contribution is 5.94. The highest BCUT2D eigenvalue weighted by Crippen LogP contribution is 2.42. The van der Waals surface area contributed by atoms with Gasteiger partial charge >= 0.3 is 5.97 Å². The molecule has 1 saturated carbocycles. The molecule has 3 heterocycles. The minimum absolute atomic E-state index is 0.00725. The number of carboxylic acid groups (broad SMARTS) is 1. The van der Waals surface area contributed by atoms with Gasteiger partial charge in [0.2, 0.25) is 5.43 Å². The predicted molar refractivity (Wildman–Crippen MR) is 90.9 cm³/mol. The van der Waals surface area contributed by atoms with Crippen LogP contribution in [0.4, 0.5) is 14.5 Å². The fourth-order valence-corrected chi connectivity index (χ4v) is 4.20. The van der Waals surface area contributed by atoms with E-state index in [1.54, 1.807) is 4.90 Å². The molecule has 136 valence electrons. The third-order valence-electron chi connectivity index (χ3n) is 5.89. The van der Waals surface area contributed by atoms with Gasteiger partial charge in [-0.2, -0.15) is 0 Å². The van der Waals surface area contributed by atoms with Gasteiger partial charge in [-0.25, -0.2) is 13.6 Å². The largest absolute Gasteiger partial charge is 0.477 e. The summed E-state index contributed by atoms with van der Waals surface area (Å²) in [5.74, 6) is -2.98. The number of halogens is 2. The molecule has 3 aliphatic rings. The molecule has 1 aromatic heterocycles. The standard InChI is InChI=1S/C18H17F2N3O3/c1-21-12-6-22(7-13(12)21)16-11(19)4-9-15(14(16)20)23(8-2-3-8)5-10(17(9)24)18(25)26/h4-5,8,12-13H,2-3,6-7H2,1H3,(H,25,26). The number of hydrogen-bond acceptors (Lipinski definition) is 4. The SMILES string of the molecule is CN1C2CN(c3c(F)cc4c(=O)c(C(=O)O)cn(C5CC5)c4c3F)CC21. The van der Waals surface area contributed by atoms with E-state index in [9.17, 15) is 19.1 Å². The van der Waals surface area contributed by atoms with Gasteiger partial charge in [-0.15, -0.1) is 0 Å². The molecule has 2 unspecified atom stereocenters. The Balaban J connectivity index is 1.74. The quantitative estimate of drug-likeness (QED) is 0.845. The zero-order valence-corrected chi connectivity index (χ0v) is 14.1. The number of rotatable bonds is 3. The summed E-state index contributed by atoms with van der Waals surface area (Å²) >= 11 is 0. The van der Waals surface area contributed by atoms with Crippen LogP contribution in [-0.4, -0.2) is 52.8 Å². The number of nitrogens with zero attached hydrogens (tertiary/aromatic N) is 3. The minimum Gasteiger partial charge on any atom is -0.477 e. The Kier molecular flexibility index (Phi) is 3.05. The lowest BCUT2D eigenvalue weighted by atomic mass is 10.1. The molecule has 2 saturated heterocycles. The van der Waals surface area contributed by atoms with Crippen molar-refractivity contribution in [1.29, 1.82) is 0 Å². The molecule has 1 N–H and O–H groups in total. The van der Waals surface area contributed by atoms with Crippen molar-refractivity contribution in [2.75, 3.05) is 25.0 Å². The van der Waals surface area contributed by atoms with Crippen molar-refractivity contribution >= 4 is 22.6 Å². The Bertz CT molecular complexity index is 1020. The average Bonchev–Trinajstić information content (AvgIpc) is 3.47. The van der Waals surface area contributed by atoms with E-state index in [0.29, 0.717) is 25.2 Å². The van der Waals surface area contributed by atoms with Gasteiger partial charge in [0.15, 0.2) is 5.82 Å². The predicted octanol–water partition coefficient (Wildman–Crippen LogP) is 1.82. The number of anilines is 1. The van der Waals surface area contributed by atoms with Crippen LogP contribution in [0.3, 0.4) is 0 Å². The highest BCUT2D eigenvalue weighted by Gasteiger charge is 2.52. The zero-order valence-electron chi connectivity index (χ0n) is 14.1. The number of aromatic nitrogens is 1. The van der Waals surface area contributed by atoms with E-state index < -0.39 is 28.6 Å². The summed E-state index contributed by atoms with van der Waals surface area (Å²) in [6, 6.07) is 1.56. The summed E-state index contributed by atoms with van der Waals surface area (Å²) in [7, 11) is 1.98. The number of benzene rings is 1. The van der Waals surface area contributed by atoms with E-state index in [-0.39, 0.29) is 22.6 Å².